The maximum Gasteiger partial charge on any atom is 0.200 e. The molecule has 142 valence electrons. The van der Waals surface area contributed by atoms with E-state index in [-0.39, 0.29) is 23.0 Å². The molecular weight excluding hydrogens is 341 g/mol. The number of hydrogen-bond donors (Lipinski definition) is 1. The van der Waals surface area contributed by atoms with Crippen molar-refractivity contribution in [3.05, 3.63) is 72.5 Å². The first-order valence-corrected chi connectivity index (χ1v) is 7.94. The molecule has 2 unspecified atom stereocenters. The second-order valence-corrected chi connectivity index (χ2v) is 5.89. The minimum atomic E-state index is -1.17. The standard InChI is InChI=1S/C21H25F3O2/c1-13(9-11-15(3)19(22)12-16(4)25)8-10-14(2)17(5)20(23)21(24)18(6)26-7/h12-14,25H,3-6,8,10H2,1-2,7H3/b19-12+,21-20-. The van der Waals surface area contributed by atoms with E-state index >= 15 is 0 Å². The Balaban J connectivity index is 4.79. The molecule has 0 aromatic carbocycles. The Kier molecular flexibility index (Phi) is 9.98. The van der Waals surface area contributed by atoms with Gasteiger partial charge in [0.25, 0.3) is 0 Å². The van der Waals surface area contributed by atoms with Crippen molar-refractivity contribution >= 4 is 0 Å². The second kappa shape index (κ2) is 11.1. The van der Waals surface area contributed by atoms with Gasteiger partial charge in [-0.05, 0) is 24.3 Å². The summed E-state index contributed by atoms with van der Waals surface area (Å²) in [6.07, 6.45) is 1.90. The van der Waals surface area contributed by atoms with E-state index in [2.05, 4.69) is 42.9 Å². The number of halogens is 3. The summed E-state index contributed by atoms with van der Waals surface area (Å²) < 4.78 is 45.8. The highest BCUT2D eigenvalue weighted by Crippen LogP contribution is 2.29. The maximum atomic E-state index is 14.0. The van der Waals surface area contributed by atoms with Crippen molar-refractivity contribution in [2.45, 2.75) is 26.7 Å². The molecule has 2 atom stereocenters. The number of aliphatic hydroxyl groups is 1. The Morgan fingerprint density at radius 2 is 1.65 bits per heavy atom. The predicted molar refractivity (Wildman–Crippen MR) is 100.0 cm³/mol. The lowest BCUT2D eigenvalue weighted by atomic mass is 9.92. The van der Waals surface area contributed by atoms with Crippen LogP contribution in [0.4, 0.5) is 13.2 Å². The summed E-state index contributed by atoms with van der Waals surface area (Å²) in [6, 6.07) is 0. The van der Waals surface area contributed by atoms with Crippen LogP contribution in [0.15, 0.2) is 72.5 Å². The summed E-state index contributed by atoms with van der Waals surface area (Å²) in [5, 5.41) is 8.90. The highest BCUT2D eigenvalue weighted by molar-refractivity contribution is 5.42. The Morgan fingerprint density at radius 1 is 1.08 bits per heavy atom. The minimum absolute atomic E-state index is 0.0145. The van der Waals surface area contributed by atoms with Gasteiger partial charge in [0.15, 0.2) is 11.7 Å². The minimum Gasteiger partial charge on any atom is -0.508 e. The molecule has 0 fully saturated rings. The van der Waals surface area contributed by atoms with Crippen LogP contribution in [0, 0.1) is 23.7 Å². The molecule has 0 radical (unpaired) electrons. The highest BCUT2D eigenvalue weighted by Gasteiger charge is 2.18. The molecule has 0 amide bonds. The van der Waals surface area contributed by atoms with Gasteiger partial charge in [-0.1, -0.05) is 52.0 Å². The lowest BCUT2D eigenvalue weighted by Gasteiger charge is -2.15. The molecule has 0 aliphatic heterocycles. The number of aliphatic hydroxyl groups excluding tert-OH is 1. The summed E-state index contributed by atoms with van der Waals surface area (Å²) in [5.41, 5.74) is -0.0562. The molecule has 0 aliphatic carbocycles. The smallest absolute Gasteiger partial charge is 0.200 e. The third kappa shape index (κ3) is 7.98. The van der Waals surface area contributed by atoms with E-state index in [1.165, 1.54) is 7.11 Å². The second-order valence-electron chi connectivity index (χ2n) is 5.89. The van der Waals surface area contributed by atoms with Crippen LogP contribution in [0.1, 0.15) is 26.7 Å². The maximum absolute atomic E-state index is 14.0. The molecule has 1 N–H and O–H groups in total. The van der Waals surface area contributed by atoms with Crippen molar-refractivity contribution in [2.75, 3.05) is 7.11 Å². The van der Waals surface area contributed by atoms with E-state index in [0.717, 1.165) is 6.08 Å². The lowest BCUT2D eigenvalue weighted by Crippen LogP contribution is -2.04. The van der Waals surface area contributed by atoms with Gasteiger partial charge in [-0.3, -0.25) is 0 Å². The quantitative estimate of drug-likeness (QED) is 0.291. The van der Waals surface area contributed by atoms with E-state index in [1.54, 1.807) is 6.92 Å². The SMILES string of the molecule is C=C(O)/C=C(/F)C(=C)C#CC(C)CCC(C)C(=C)/C(F)=C(/F)C(=C)OC. The summed E-state index contributed by atoms with van der Waals surface area (Å²) in [5.74, 6) is 1.12. The fourth-order valence-corrected chi connectivity index (χ4v) is 1.82. The third-order valence-corrected chi connectivity index (χ3v) is 3.64. The van der Waals surface area contributed by atoms with Crippen molar-refractivity contribution in [1.29, 1.82) is 0 Å². The monoisotopic (exact) mass is 366 g/mol. The Hall–Kier alpha value is -2.61. The Labute approximate surface area is 153 Å². The van der Waals surface area contributed by atoms with E-state index in [9.17, 15) is 13.2 Å². The molecule has 0 heterocycles. The number of allylic oxidation sites excluding steroid dienone is 6. The van der Waals surface area contributed by atoms with Gasteiger partial charge in [0.05, 0.1) is 12.7 Å². The van der Waals surface area contributed by atoms with Gasteiger partial charge in [0.1, 0.15) is 17.3 Å². The van der Waals surface area contributed by atoms with Gasteiger partial charge in [0.2, 0.25) is 0 Å². The first kappa shape index (κ1) is 23.4. The molecule has 0 bridgehead atoms. The van der Waals surface area contributed by atoms with Crippen LogP contribution < -0.4 is 0 Å². The van der Waals surface area contributed by atoms with Gasteiger partial charge in [-0.2, -0.15) is 4.39 Å². The van der Waals surface area contributed by atoms with Crippen molar-refractivity contribution in [1.82, 2.24) is 0 Å². The van der Waals surface area contributed by atoms with Gasteiger partial charge in [0, 0.05) is 12.0 Å². The van der Waals surface area contributed by atoms with Crippen LogP contribution in [0.2, 0.25) is 0 Å². The molecule has 0 aliphatic rings. The normalized spacial score (nSPS) is 14.3. The molecule has 26 heavy (non-hydrogen) atoms. The van der Waals surface area contributed by atoms with Crippen LogP contribution in [-0.4, -0.2) is 12.2 Å². The molecule has 0 rings (SSSR count). The Morgan fingerprint density at radius 3 is 2.15 bits per heavy atom. The fraction of sp³-hybridized carbons (Fsp3) is 0.333. The molecule has 5 heteroatoms. The van der Waals surface area contributed by atoms with Crippen LogP contribution >= 0.6 is 0 Å². The molecule has 0 aromatic heterocycles. The average molecular weight is 366 g/mol. The van der Waals surface area contributed by atoms with Crippen molar-refractivity contribution < 1.29 is 23.0 Å². The number of methoxy groups -OCH3 is 1. The number of rotatable bonds is 9. The van der Waals surface area contributed by atoms with Crippen molar-refractivity contribution in [3.8, 4) is 11.8 Å². The first-order valence-electron chi connectivity index (χ1n) is 7.94. The highest BCUT2D eigenvalue weighted by atomic mass is 19.2. The molecule has 2 nitrogen and oxygen atoms in total. The topological polar surface area (TPSA) is 29.5 Å². The molecular formula is C21H25F3O2. The number of hydrogen-bond acceptors (Lipinski definition) is 2. The van der Waals surface area contributed by atoms with Crippen LogP contribution in [0.25, 0.3) is 0 Å². The predicted octanol–water partition coefficient (Wildman–Crippen LogP) is 6.39. The zero-order valence-corrected chi connectivity index (χ0v) is 15.5. The largest absolute Gasteiger partial charge is 0.508 e. The van der Waals surface area contributed by atoms with Crippen LogP contribution in [-0.2, 0) is 4.74 Å². The van der Waals surface area contributed by atoms with E-state index in [1.807, 2.05) is 6.92 Å². The molecule has 0 saturated heterocycles. The van der Waals surface area contributed by atoms with Crippen LogP contribution in [0.5, 0.6) is 0 Å². The lowest BCUT2D eigenvalue weighted by molar-refractivity contribution is 0.280. The average Bonchev–Trinajstić information content (AvgIpc) is 2.60. The zero-order chi connectivity index (χ0) is 20.4. The van der Waals surface area contributed by atoms with Crippen molar-refractivity contribution in [2.24, 2.45) is 11.8 Å². The van der Waals surface area contributed by atoms with E-state index < -0.39 is 29.0 Å². The molecule has 0 saturated carbocycles. The van der Waals surface area contributed by atoms with E-state index in [4.69, 9.17) is 5.11 Å². The summed E-state index contributed by atoms with van der Waals surface area (Å²) in [6.45, 7) is 17.0. The molecule has 0 spiro atoms. The first-order chi connectivity index (χ1) is 12.0. The fourth-order valence-electron chi connectivity index (χ4n) is 1.82. The molecule has 0 aromatic rings. The van der Waals surface area contributed by atoms with Gasteiger partial charge in [-0.15, -0.1) is 0 Å². The summed E-state index contributed by atoms with van der Waals surface area (Å²) in [4.78, 5) is 0. The summed E-state index contributed by atoms with van der Waals surface area (Å²) >= 11 is 0. The Bertz CT molecular complexity index is 703. The van der Waals surface area contributed by atoms with Gasteiger partial charge >= 0.3 is 0 Å². The van der Waals surface area contributed by atoms with Gasteiger partial charge in [-0.25, -0.2) is 8.78 Å². The van der Waals surface area contributed by atoms with Gasteiger partial charge < -0.3 is 9.84 Å². The van der Waals surface area contributed by atoms with E-state index in [0.29, 0.717) is 12.8 Å². The van der Waals surface area contributed by atoms with Crippen molar-refractivity contribution in [3.63, 3.8) is 0 Å². The summed E-state index contributed by atoms with van der Waals surface area (Å²) in [7, 11) is 1.20. The number of ether oxygens (including phenoxy) is 1. The third-order valence-electron chi connectivity index (χ3n) is 3.64. The van der Waals surface area contributed by atoms with Crippen LogP contribution in [0.3, 0.4) is 0 Å². The zero-order valence-electron chi connectivity index (χ0n) is 15.5.